The van der Waals surface area contributed by atoms with Crippen molar-refractivity contribution in [3.63, 3.8) is 0 Å². The normalized spacial score (nSPS) is 14.4. The summed E-state index contributed by atoms with van der Waals surface area (Å²) in [6.07, 6.45) is 0. The minimum absolute atomic E-state index is 0.00171. The Morgan fingerprint density at radius 2 is 1.95 bits per heavy atom. The van der Waals surface area contributed by atoms with Gasteiger partial charge in [-0.2, -0.15) is 0 Å². The number of rotatable bonds is 5. The highest BCUT2D eigenvalue weighted by molar-refractivity contribution is 7.85. The molecule has 5 nitrogen and oxygen atoms in total. The first kappa shape index (κ1) is 16.1. The van der Waals surface area contributed by atoms with Crippen molar-refractivity contribution < 1.29 is 22.6 Å². The maximum Gasteiger partial charge on any atom is 0.124 e. The molecule has 1 aromatic carbocycles. The Kier molecular flexibility index (Phi) is 4.73. The molecule has 1 rings (SSSR count). The van der Waals surface area contributed by atoms with E-state index in [1.807, 2.05) is 27.9 Å². The number of aliphatic hydroxyl groups is 1. The second-order valence-corrected chi connectivity index (χ2v) is 6.88. The number of nitrogens with zero attached hydrogens (tertiary/aromatic N) is 1. The fraction of sp³-hybridized carbons (Fsp3) is 0.538. The van der Waals surface area contributed by atoms with Crippen LogP contribution >= 0.6 is 0 Å². The van der Waals surface area contributed by atoms with Crippen molar-refractivity contribution in [3.05, 3.63) is 29.3 Å². The molecule has 0 amide bonds. The summed E-state index contributed by atoms with van der Waals surface area (Å²) in [6, 6.07) is 4.64. The van der Waals surface area contributed by atoms with Crippen LogP contribution in [0.2, 0.25) is 0 Å². The van der Waals surface area contributed by atoms with Crippen LogP contribution in [0.1, 0.15) is 18.1 Å². The first-order chi connectivity index (χ1) is 8.58. The smallest absolute Gasteiger partial charge is 0.124 e. The molecule has 0 aromatic heterocycles. The van der Waals surface area contributed by atoms with Crippen LogP contribution < -0.4 is 0 Å². The Balaban J connectivity index is 3.24. The zero-order chi connectivity index (χ0) is 14.8. The first-order valence-electron chi connectivity index (χ1n) is 6.07. The Morgan fingerprint density at radius 1 is 1.37 bits per heavy atom. The summed E-state index contributed by atoms with van der Waals surface area (Å²) >= 11 is 0. The highest BCUT2D eigenvalue weighted by Gasteiger charge is 2.25. The van der Waals surface area contributed by atoms with E-state index >= 15 is 0 Å². The maximum atomic E-state index is 11.3. The van der Waals surface area contributed by atoms with Crippen molar-refractivity contribution in [1.82, 2.24) is 0 Å². The summed E-state index contributed by atoms with van der Waals surface area (Å²) in [5.74, 6) is 0. The van der Waals surface area contributed by atoms with Crippen molar-refractivity contribution in [1.29, 1.82) is 0 Å². The molecule has 1 aromatic rings. The molecule has 0 aliphatic rings. The molecule has 0 heterocycles. The third-order valence-electron chi connectivity index (χ3n) is 3.52. The fourth-order valence-electron chi connectivity index (χ4n) is 1.89. The molecule has 0 bridgehead atoms. The van der Waals surface area contributed by atoms with E-state index in [0.717, 1.165) is 5.56 Å². The van der Waals surface area contributed by atoms with Gasteiger partial charge in [0.25, 0.3) is 0 Å². The lowest BCUT2D eigenvalue weighted by Gasteiger charge is -2.36. The second-order valence-electron chi connectivity index (χ2n) is 5.53. The van der Waals surface area contributed by atoms with E-state index in [0.29, 0.717) is 16.6 Å². The number of aliphatic hydroxyl groups excluding tert-OH is 1. The molecule has 108 valence electrons. The van der Waals surface area contributed by atoms with Gasteiger partial charge in [-0.05, 0) is 26.0 Å². The summed E-state index contributed by atoms with van der Waals surface area (Å²) in [4.78, 5) is -0.172. The van der Waals surface area contributed by atoms with Gasteiger partial charge in [-0.15, -0.1) is 0 Å². The standard InChI is InChI=1S/C13H21NO4S/c1-10-5-6-13(19(16,17)18)12(7-10)8-14(3,4)11(2)9-15/h5-7,11,15H,8-9H2,1-4H3/t11-/m0/s1. The molecule has 0 unspecified atom stereocenters. The van der Waals surface area contributed by atoms with Crippen LogP contribution in [0.3, 0.4) is 0 Å². The summed E-state index contributed by atoms with van der Waals surface area (Å²) < 4.78 is 34.2. The van der Waals surface area contributed by atoms with Crippen molar-refractivity contribution in [2.45, 2.75) is 31.3 Å². The van der Waals surface area contributed by atoms with Crippen LogP contribution in [-0.4, -0.2) is 49.3 Å². The van der Waals surface area contributed by atoms with E-state index in [-0.39, 0.29) is 17.5 Å². The number of likely N-dealkylation sites (N-methyl/N-ethyl adjacent to an activating group) is 1. The predicted octanol–water partition coefficient (Wildman–Crippen LogP) is 0.856. The SMILES string of the molecule is Cc1ccc(S(=O)(=O)[O-])c(C[N+](C)(C)[C@@H](C)CO)c1. The Labute approximate surface area is 114 Å². The number of quaternary nitrogens is 1. The molecule has 6 heteroatoms. The lowest BCUT2D eigenvalue weighted by Crippen LogP contribution is -2.48. The van der Waals surface area contributed by atoms with Crippen LogP contribution in [0.4, 0.5) is 0 Å². The Morgan fingerprint density at radius 3 is 2.42 bits per heavy atom. The van der Waals surface area contributed by atoms with Crippen molar-refractivity contribution in [2.75, 3.05) is 20.7 Å². The van der Waals surface area contributed by atoms with Gasteiger partial charge < -0.3 is 14.1 Å². The molecule has 0 fully saturated rings. The molecule has 1 atom stereocenters. The van der Waals surface area contributed by atoms with Crippen LogP contribution in [0.25, 0.3) is 0 Å². The molecule has 0 aliphatic carbocycles. The van der Waals surface area contributed by atoms with Gasteiger partial charge in [-0.1, -0.05) is 11.6 Å². The highest BCUT2D eigenvalue weighted by Crippen LogP contribution is 2.22. The predicted molar refractivity (Wildman–Crippen MR) is 71.5 cm³/mol. The van der Waals surface area contributed by atoms with E-state index in [2.05, 4.69) is 0 Å². The van der Waals surface area contributed by atoms with Gasteiger partial charge in [0.15, 0.2) is 0 Å². The average molecular weight is 287 g/mol. The van der Waals surface area contributed by atoms with E-state index < -0.39 is 10.1 Å². The molecular weight excluding hydrogens is 266 g/mol. The summed E-state index contributed by atoms with van der Waals surface area (Å²) in [6.45, 7) is 4.10. The molecular formula is C13H21NO4S. The summed E-state index contributed by atoms with van der Waals surface area (Å²) in [5.41, 5.74) is 1.40. The Bertz CT molecular complexity index is 552. The summed E-state index contributed by atoms with van der Waals surface area (Å²) in [7, 11) is -0.691. The van der Waals surface area contributed by atoms with E-state index in [9.17, 15) is 18.1 Å². The van der Waals surface area contributed by atoms with Crippen LogP contribution in [-0.2, 0) is 16.7 Å². The van der Waals surface area contributed by atoms with E-state index in [1.54, 1.807) is 12.1 Å². The van der Waals surface area contributed by atoms with E-state index in [1.165, 1.54) is 6.07 Å². The number of hydrogen-bond acceptors (Lipinski definition) is 4. The monoisotopic (exact) mass is 287 g/mol. The van der Waals surface area contributed by atoms with Crippen LogP contribution in [0, 0.1) is 6.92 Å². The van der Waals surface area contributed by atoms with Gasteiger partial charge in [0, 0.05) is 5.56 Å². The summed E-state index contributed by atoms with van der Waals surface area (Å²) in [5, 5.41) is 9.24. The molecule has 19 heavy (non-hydrogen) atoms. The molecule has 0 aliphatic heterocycles. The first-order valence-corrected chi connectivity index (χ1v) is 7.47. The van der Waals surface area contributed by atoms with Gasteiger partial charge in [-0.25, -0.2) is 8.42 Å². The largest absolute Gasteiger partial charge is 0.744 e. The second kappa shape index (κ2) is 5.58. The molecule has 0 radical (unpaired) electrons. The zero-order valence-electron chi connectivity index (χ0n) is 11.8. The number of hydrogen-bond donors (Lipinski definition) is 1. The van der Waals surface area contributed by atoms with Gasteiger partial charge in [0.2, 0.25) is 0 Å². The maximum absolute atomic E-state index is 11.3. The van der Waals surface area contributed by atoms with Gasteiger partial charge in [0.05, 0.1) is 25.6 Å². The zero-order valence-corrected chi connectivity index (χ0v) is 12.6. The molecule has 0 spiro atoms. The fourth-order valence-corrected chi connectivity index (χ4v) is 2.57. The third kappa shape index (κ3) is 4.01. The van der Waals surface area contributed by atoms with Crippen LogP contribution in [0.5, 0.6) is 0 Å². The number of benzene rings is 1. The minimum atomic E-state index is -4.48. The van der Waals surface area contributed by atoms with Crippen molar-refractivity contribution in [3.8, 4) is 0 Å². The average Bonchev–Trinajstić information content (AvgIpc) is 2.25. The lowest BCUT2D eigenvalue weighted by molar-refractivity contribution is -0.926. The quantitative estimate of drug-likeness (QED) is 0.643. The Hall–Kier alpha value is -0.950. The minimum Gasteiger partial charge on any atom is -0.744 e. The molecule has 1 N–H and O–H groups in total. The lowest BCUT2D eigenvalue weighted by atomic mass is 10.1. The number of aryl methyl sites for hydroxylation is 1. The van der Waals surface area contributed by atoms with E-state index in [4.69, 9.17) is 0 Å². The topological polar surface area (TPSA) is 77.4 Å². The third-order valence-corrected chi connectivity index (χ3v) is 4.46. The molecule has 0 saturated carbocycles. The van der Waals surface area contributed by atoms with Crippen LogP contribution in [0.15, 0.2) is 23.1 Å². The highest BCUT2D eigenvalue weighted by atomic mass is 32.2. The molecule has 0 saturated heterocycles. The van der Waals surface area contributed by atoms with Gasteiger partial charge in [0.1, 0.15) is 22.7 Å². The van der Waals surface area contributed by atoms with Crippen molar-refractivity contribution in [2.24, 2.45) is 0 Å². The van der Waals surface area contributed by atoms with Gasteiger partial charge >= 0.3 is 0 Å². The van der Waals surface area contributed by atoms with Gasteiger partial charge in [-0.3, -0.25) is 0 Å². The van der Waals surface area contributed by atoms with Crippen molar-refractivity contribution >= 4 is 10.1 Å².